The molecule has 0 heterocycles. The van der Waals surface area contributed by atoms with Crippen LogP contribution >= 0.6 is 16.5 Å². The summed E-state index contributed by atoms with van der Waals surface area (Å²) in [6.07, 6.45) is -1.06. The zero-order valence-corrected chi connectivity index (χ0v) is 10.7. The van der Waals surface area contributed by atoms with E-state index in [-0.39, 0.29) is 42.6 Å². The first-order valence-corrected chi connectivity index (χ1v) is 5.05. The summed E-state index contributed by atoms with van der Waals surface area (Å²) < 4.78 is 27.9. The second kappa shape index (κ2) is 9.55. The molecule has 0 saturated heterocycles. The van der Waals surface area contributed by atoms with Crippen molar-refractivity contribution in [3.63, 3.8) is 0 Å². The smallest absolute Gasteiger partial charge is 0.566 e. The number of rotatable bonds is 6. The number of nitrogens with two attached hydrogens (primary N) is 1. The molecule has 0 spiro atoms. The Balaban J connectivity index is 0. The Morgan fingerprint density at radius 2 is 1.85 bits per heavy atom. The predicted molar refractivity (Wildman–Crippen MR) is 34.8 cm³/mol. The maximum atomic E-state index is 9.88. The van der Waals surface area contributed by atoms with Crippen molar-refractivity contribution in [1.29, 1.82) is 0 Å². The summed E-state index contributed by atoms with van der Waals surface area (Å²) in [7, 11) is -5.92. The van der Waals surface area contributed by atoms with E-state index < -0.39 is 22.7 Å². The van der Waals surface area contributed by atoms with E-state index in [9.17, 15) is 18.9 Å². The SMILES string of the molecule is NC(CCO[P+](=O)[O-])O[P+](=O)[O-].[Na+]. The van der Waals surface area contributed by atoms with Crippen molar-refractivity contribution >= 4 is 16.5 Å². The Kier molecular flexibility index (Phi) is 12.1. The fourth-order valence-corrected chi connectivity index (χ4v) is 0.988. The summed E-state index contributed by atoms with van der Waals surface area (Å²) in [5.74, 6) is 0. The van der Waals surface area contributed by atoms with E-state index in [1.165, 1.54) is 0 Å². The molecular formula is C3H7NNaO6P2+. The molecule has 0 saturated carbocycles. The van der Waals surface area contributed by atoms with Crippen molar-refractivity contribution in [3.05, 3.63) is 0 Å². The first-order valence-electron chi connectivity index (χ1n) is 2.86. The fraction of sp³-hybridized carbons (Fsp3) is 1.00. The molecule has 0 rings (SSSR count). The van der Waals surface area contributed by atoms with Crippen LogP contribution in [-0.2, 0) is 18.2 Å². The van der Waals surface area contributed by atoms with Crippen LogP contribution in [0.2, 0.25) is 0 Å². The molecule has 70 valence electrons. The van der Waals surface area contributed by atoms with Crippen LogP contribution in [0.15, 0.2) is 0 Å². The molecule has 7 nitrogen and oxygen atoms in total. The summed E-state index contributed by atoms with van der Waals surface area (Å²) in [6, 6.07) is 0. The molecule has 3 atom stereocenters. The van der Waals surface area contributed by atoms with E-state index in [1.54, 1.807) is 0 Å². The van der Waals surface area contributed by atoms with Gasteiger partial charge in [-0.2, -0.15) is 0 Å². The van der Waals surface area contributed by atoms with Gasteiger partial charge in [0.05, 0.1) is 0 Å². The summed E-state index contributed by atoms with van der Waals surface area (Å²) in [5.41, 5.74) is 5.08. The van der Waals surface area contributed by atoms with Crippen LogP contribution in [0, 0.1) is 0 Å². The van der Waals surface area contributed by atoms with Gasteiger partial charge in [0.2, 0.25) is 0 Å². The van der Waals surface area contributed by atoms with Gasteiger partial charge in [-0.25, -0.2) is 0 Å². The molecule has 3 unspecified atom stereocenters. The Morgan fingerprint density at radius 3 is 2.23 bits per heavy atom. The Hall–Kier alpha value is 1.000. The quantitative estimate of drug-likeness (QED) is 0.282. The molecule has 13 heavy (non-hydrogen) atoms. The van der Waals surface area contributed by atoms with Gasteiger partial charge in [-0.1, -0.05) is 0 Å². The van der Waals surface area contributed by atoms with Gasteiger partial charge in [0, 0.05) is 6.42 Å². The summed E-state index contributed by atoms with van der Waals surface area (Å²) in [5, 5.41) is 0. The van der Waals surface area contributed by atoms with Crippen LogP contribution in [0.4, 0.5) is 0 Å². The van der Waals surface area contributed by atoms with Gasteiger partial charge in [0.1, 0.15) is 6.61 Å². The maximum Gasteiger partial charge on any atom is 1.00 e. The molecule has 10 heteroatoms. The number of hydrogen-bond acceptors (Lipinski definition) is 7. The molecular weight excluding hydrogens is 231 g/mol. The van der Waals surface area contributed by atoms with E-state index in [0.29, 0.717) is 0 Å². The third-order valence-electron chi connectivity index (χ3n) is 0.821. The molecule has 0 aromatic carbocycles. The van der Waals surface area contributed by atoms with Gasteiger partial charge < -0.3 is 15.5 Å². The minimum absolute atomic E-state index is 0. The van der Waals surface area contributed by atoms with E-state index >= 15 is 0 Å². The van der Waals surface area contributed by atoms with Gasteiger partial charge >= 0.3 is 46.1 Å². The molecule has 2 N–H and O–H groups in total. The van der Waals surface area contributed by atoms with E-state index in [1.807, 2.05) is 0 Å². The van der Waals surface area contributed by atoms with Gasteiger partial charge in [-0.05, 0) is 9.13 Å². The van der Waals surface area contributed by atoms with Gasteiger partial charge in [0.15, 0.2) is 6.23 Å². The summed E-state index contributed by atoms with van der Waals surface area (Å²) in [4.78, 5) is 19.7. The van der Waals surface area contributed by atoms with E-state index in [2.05, 4.69) is 9.05 Å². The summed E-state index contributed by atoms with van der Waals surface area (Å²) >= 11 is 0. The average Bonchev–Trinajstić information content (AvgIpc) is 1.84. The van der Waals surface area contributed by atoms with Crippen LogP contribution in [-0.4, -0.2) is 12.8 Å². The molecule has 0 radical (unpaired) electrons. The maximum absolute atomic E-state index is 9.88. The summed E-state index contributed by atoms with van der Waals surface area (Å²) in [6.45, 7) is -0.191. The van der Waals surface area contributed by atoms with Crippen molar-refractivity contribution in [2.75, 3.05) is 6.61 Å². The van der Waals surface area contributed by atoms with Crippen LogP contribution in [0.1, 0.15) is 6.42 Å². The van der Waals surface area contributed by atoms with Gasteiger partial charge in [-0.3, -0.25) is 0 Å². The largest absolute Gasteiger partial charge is 1.00 e. The van der Waals surface area contributed by atoms with Crippen molar-refractivity contribution in [2.24, 2.45) is 5.73 Å². The zero-order chi connectivity index (χ0) is 9.56. The molecule has 0 aliphatic heterocycles. The standard InChI is InChI=1S/C3H7NO6P2.Na/c4-3(10-12(7)8)1-2-9-11(5)6;/h3H,1-2,4H2;/q;+1. The van der Waals surface area contributed by atoms with Crippen molar-refractivity contribution < 1.29 is 57.5 Å². The molecule has 0 fully saturated rings. The van der Waals surface area contributed by atoms with Crippen molar-refractivity contribution in [3.8, 4) is 0 Å². The first kappa shape index (κ1) is 16.4. The topological polar surface area (TPSA) is 125 Å². The van der Waals surface area contributed by atoms with E-state index in [4.69, 9.17) is 5.73 Å². The van der Waals surface area contributed by atoms with Crippen LogP contribution < -0.4 is 45.1 Å². The fourth-order valence-electron chi connectivity index (χ4n) is 0.407. The second-order valence-electron chi connectivity index (χ2n) is 1.71. The Labute approximate surface area is 98.8 Å². The van der Waals surface area contributed by atoms with Crippen LogP contribution in [0.5, 0.6) is 0 Å². The molecule has 0 amide bonds. The first-order chi connectivity index (χ1) is 5.52. The molecule has 0 aromatic heterocycles. The molecule has 0 aromatic rings. The monoisotopic (exact) mass is 238 g/mol. The molecule has 0 aliphatic carbocycles. The second-order valence-corrected chi connectivity index (χ2v) is 3.08. The van der Waals surface area contributed by atoms with Gasteiger partial charge in [-0.15, -0.1) is 9.05 Å². The predicted octanol–water partition coefficient (Wildman–Crippen LogP) is -4.27. The number of hydrogen-bond donors (Lipinski definition) is 1. The third kappa shape index (κ3) is 13.0. The minimum Gasteiger partial charge on any atom is -0.566 e. The van der Waals surface area contributed by atoms with Crippen molar-refractivity contribution in [2.45, 2.75) is 12.6 Å². The third-order valence-corrected chi connectivity index (χ3v) is 1.66. The average molecular weight is 238 g/mol. The Bertz CT molecular complexity index is 179. The minimum atomic E-state index is -3.00. The van der Waals surface area contributed by atoms with Gasteiger partial charge in [0.25, 0.3) is 0 Å². The van der Waals surface area contributed by atoms with Crippen LogP contribution in [0.25, 0.3) is 0 Å². The van der Waals surface area contributed by atoms with E-state index in [0.717, 1.165) is 0 Å². The normalized spacial score (nSPS) is 14.4. The zero-order valence-electron chi connectivity index (χ0n) is 6.91. The molecule has 0 aliphatic rings. The Morgan fingerprint density at radius 1 is 1.31 bits per heavy atom. The van der Waals surface area contributed by atoms with Crippen LogP contribution in [0.3, 0.4) is 0 Å². The molecule has 0 bridgehead atoms. The van der Waals surface area contributed by atoms with Crippen molar-refractivity contribution in [1.82, 2.24) is 0 Å².